The quantitative estimate of drug-likeness (QED) is 0.845. The summed E-state index contributed by atoms with van der Waals surface area (Å²) < 4.78 is 0. The monoisotopic (exact) mass is 384 g/mol. The molecule has 1 saturated carbocycles. The van der Waals surface area contributed by atoms with Gasteiger partial charge >= 0.3 is 0 Å². The van der Waals surface area contributed by atoms with E-state index in [1.54, 1.807) is 6.20 Å². The fourth-order valence-electron chi connectivity index (χ4n) is 4.62. The van der Waals surface area contributed by atoms with Gasteiger partial charge in [0.25, 0.3) is 0 Å². The second kappa shape index (κ2) is 8.60. The third kappa shape index (κ3) is 4.54. The van der Waals surface area contributed by atoms with E-state index in [0.717, 1.165) is 75.8 Å². The smallest absolute Gasteiger partial charge is 0.225 e. The van der Waals surface area contributed by atoms with E-state index >= 15 is 0 Å². The molecule has 0 bridgehead atoms. The Morgan fingerprint density at radius 2 is 1.89 bits per heavy atom. The number of hydrogen-bond acceptors (Lipinski definition) is 4. The van der Waals surface area contributed by atoms with E-state index < -0.39 is 0 Å². The van der Waals surface area contributed by atoms with Gasteiger partial charge in [-0.25, -0.2) is 0 Å². The topological polar surface area (TPSA) is 65.5 Å². The number of nitrogens with one attached hydrogen (secondary N) is 1. The van der Waals surface area contributed by atoms with Crippen molar-refractivity contribution < 1.29 is 9.59 Å². The number of aryl methyl sites for hydroxylation is 1. The number of hydrogen-bond donors (Lipinski definition) is 1. The molecule has 3 fully saturated rings. The van der Waals surface area contributed by atoms with Crippen LogP contribution >= 0.6 is 0 Å². The van der Waals surface area contributed by atoms with Crippen molar-refractivity contribution in [2.45, 2.75) is 58.0 Å². The van der Waals surface area contributed by atoms with Crippen LogP contribution in [0.2, 0.25) is 0 Å². The molecule has 1 aliphatic carbocycles. The lowest BCUT2D eigenvalue weighted by molar-refractivity contribution is -0.134. The molecule has 6 heteroatoms. The summed E-state index contributed by atoms with van der Waals surface area (Å²) in [6.07, 6.45) is 9.92. The summed E-state index contributed by atoms with van der Waals surface area (Å²) in [5.74, 6) is 0.939. The molecule has 2 saturated heterocycles. The minimum absolute atomic E-state index is 0.0713. The largest absolute Gasteiger partial charge is 0.352 e. The van der Waals surface area contributed by atoms with Crippen LogP contribution < -0.4 is 5.32 Å². The first-order valence-corrected chi connectivity index (χ1v) is 10.8. The van der Waals surface area contributed by atoms with Gasteiger partial charge in [0.15, 0.2) is 0 Å². The summed E-state index contributed by atoms with van der Waals surface area (Å²) in [6.45, 7) is 6.29. The van der Waals surface area contributed by atoms with E-state index in [9.17, 15) is 9.59 Å². The Bertz CT molecular complexity index is 710. The maximum atomic E-state index is 12.7. The zero-order valence-electron chi connectivity index (χ0n) is 16.9. The number of carbonyl (C=O) groups excluding carboxylic acids is 2. The molecule has 0 aromatic carbocycles. The average Bonchev–Trinajstić information content (AvgIpc) is 3.58. The highest BCUT2D eigenvalue weighted by Gasteiger charge is 2.37. The van der Waals surface area contributed by atoms with Crippen LogP contribution in [0.25, 0.3) is 0 Å². The van der Waals surface area contributed by atoms with Crippen molar-refractivity contribution in [2.24, 2.45) is 11.8 Å². The first-order chi connectivity index (χ1) is 13.6. The van der Waals surface area contributed by atoms with Gasteiger partial charge in [0.2, 0.25) is 11.8 Å². The van der Waals surface area contributed by atoms with Crippen LogP contribution in [0.5, 0.6) is 0 Å². The minimum Gasteiger partial charge on any atom is -0.352 e. The Kier molecular flexibility index (Phi) is 5.95. The van der Waals surface area contributed by atoms with E-state index in [1.807, 2.05) is 19.2 Å². The molecule has 152 valence electrons. The lowest BCUT2D eigenvalue weighted by Gasteiger charge is -2.42. The number of aromatic nitrogens is 1. The predicted octanol–water partition coefficient (Wildman–Crippen LogP) is 2.12. The summed E-state index contributed by atoms with van der Waals surface area (Å²) in [5.41, 5.74) is 2.24. The number of nitrogens with zero attached hydrogens (tertiary/aromatic N) is 3. The zero-order valence-corrected chi connectivity index (χ0v) is 16.9. The van der Waals surface area contributed by atoms with Crippen LogP contribution in [0.1, 0.15) is 49.7 Å². The first kappa shape index (κ1) is 19.4. The lowest BCUT2D eigenvalue weighted by atomic mass is 9.93. The Morgan fingerprint density at radius 3 is 2.61 bits per heavy atom. The van der Waals surface area contributed by atoms with Gasteiger partial charge in [-0.15, -0.1) is 0 Å². The second-order valence-corrected chi connectivity index (χ2v) is 8.68. The summed E-state index contributed by atoms with van der Waals surface area (Å²) in [7, 11) is 0. The van der Waals surface area contributed by atoms with Gasteiger partial charge in [-0.2, -0.15) is 0 Å². The molecule has 4 rings (SSSR count). The molecular formula is C22H32N4O2. The molecule has 3 aliphatic rings. The van der Waals surface area contributed by atoms with Crippen molar-refractivity contribution in [3.8, 4) is 0 Å². The third-order valence-corrected chi connectivity index (χ3v) is 6.63. The Hall–Kier alpha value is -1.95. The second-order valence-electron chi connectivity index (χ2n) is 8.68. The number of pyridine rings is 1. The molecule has 1 aromatic heterocycles. The van der Waals surface area contributed by atoms with Gasteiger partial charge in [-0.05, 0) is 69.2 Å². The van der Waals surface area contributed by atoms with Gasteiger partial charge in [0.05, 0.1) is 5.92 Å². The SMILES string of the molecule is Cc1cnccc1CNC(=O)[C@@H]1CCCN(C2CCN(C(=O)C3CC3)CC2)C1. The van der Waals surface area contributed by atoms with Gasteiger partial charge in [-0.1, -0.05) is 0 Å². The standard InChI is InChI=1S/C22H32N4O2/c1-16-13-23-9-6-18(16)14-24-21(27)19-3-2-10-26(15-19)20-7-11-25(12-8-20)22(28)17-4-5-17/h6,9,13,17,19-20H,2-5,7-8,10-12,14-15H2,1H3,(H,24,27)/t19-/m1/s1. The molecule has 3 heterocycles. The number of amides is 2. The van der Waals surface area contributed by atoms with E-state index in [1.165, 1.54) is 0 Å². The number of carbonyl (C=O) groups is 2. The molecule has 2 amide bonds. The molecule has 28 heavy (non-hydrogen) atoms. The van der Waals surface area contributed by atoms with Crippen LogP contribution in [0.3, 0.4) is 0 Å². The Labute approximate surface area is 167 Å². The van der Waals surface area contributed by atoms with E-state index in [2.05, 4.69) is 20.1 Å². The van der Waals surface area contributed by atoms with Gasteiger partial charge < -0.3 is 10.2 Å². The molecular weight excluding hydrogens is 352 g/mol. The van der Waals surface area contributed by atoms with Crippen molar-refractivity contribution >= 4 is 11.8 Å². The highest BCUT2D eigenvalue weighted by atomic mass is 16.2. The van der Waals surface area contributed by atoms with Crippen molar-refractivity contribution in [3.63, 3.8) is 0 Å². The zero-order chi connectivity index (χ0) is 19.5. The molecule has 2 aliphatic heterocycles. The average molecular weight is 385 g/mol. The summed E-state index contributed by atoms with van der Waals surface area (Å²) >= 11 is 0. The molecule has 1 atom stereocenters. The molecule has 1 N–H and O–H groups in total. The van der Waals surface area contributed by atoms with Gasteiger partial charge in [0, 0.05) is 50.5 Å². The molecule has 0 unspecified atom stereocenters. The van der Waals surface area contributed by atoms with Crippen LogP contribution in [0.4, 0.5) is 0 Å². The molecule has 1 aromatic rings. The minimum atomic E-state index is 0.0713. The van der Waals surface area contributed by atoms with Crippen molar-refractivity contribution in [3.05, 3.63) is 29.6 Å². The van der Waals surface area contributed by atoms with Crippen molar-refractivity contribution in [1.82, 2.24) is 20.1 Å². The molecule has 6 nitrogen and oxygen atoms in total. The molecule has 0 radical (unpaired) electrons. The summed E-state index contributed by atoms with van der Waals surface area (Å²) in [4.78, 5) is 33.7. The van der Waals surface area contributed by atoms with Gasteiger partial charge in [-0.3, -0.25) is 19.5 Å². The van der Waals surface area contributed by atoms with E-state index in [0.29, 0.717) is 24.4 Å². The predicted molar refractivity (Wildman–Crippen MR) is 107 cm³/mol. The van der Waals surface area contributed by atoms with Crippen LogP contribution in [-0.2, 0) is 16.1 Å². The van der Waals surface area contributed by atoms with E-state index in [4.69, 9.17) is 0 Å². The summed E-state index contributed by atoms with van der Waals surface area (Å²) in [6, 6.07) is 2.49. The van der Waals surface area contributed by atoms with Crippen LogP contribution in [0, 0.1) is 18.8 Å². The normalized spacial score (nSPS) is 24.2. The van der Waals surface area contributed by atoms with Crippen LogP contribution in [0.15, 0.2) is 18.5 Å². The van der Waals surface area contributed by atoms with Crippen molar-refractivity contribution in [2.75, 3.05) is 26.2 Å². The number of likely N-dealkylation sites (tertiary alicyclic amines) is 2. The van der Waals surface area contributed by atoms with Gasteiger partial charge in [0.1, 0.15) is 0 Å². The Balaban J connectivity index is 1.25. The van der Waals surface area contributed by atoms with Crippen LogP contribution in [-0.4, -0.2) is 58.8 Å². The Morgan fingerprint density at radius 1 is 1.11 bits per heavy atom. The number of rotatable bonds is 5. The lowest BCUT2D eigenvalue weighted by Crippen LogP contribution is -2.51. The maximum absolute atomic E-state index is 12.7. The van der Waals surface area contributed by atoms with E-state index in [-0.39, 0.29) is 11.8 Å². The summed E-state index contributed by atoms with van der Waals surface area (Å²) in [5, 5.41) is 3.13. The third-order valence-electron chi connectivity index (χ3n) is 6.63. The fourth-order valence-corrected chi connectivity index (χ4v) is 4.62. The highest BCUT2D eigenvalue weighted by Crippen LogP contribution is 2.32. The first-order valence-electron chi connectivity index (χ1n) is 10.8. The highest BCUT2D eigenvalue weighted by molar-refractivity contribution is 5.81. The van der Waals surface area contributed by atoms with Crippen molar-refractivity contribution in [1.29, 1.82) is 0 Å². The number of piperidine rings is 2. The molecule has 0 spiro atoms. The fraction of sp³-hybridized carbons (Fsp3) is 0.682. The maximum Gasteiger partial charge on any atom is 0.225 e.